The maximum atomic E-state index is 10.5. The molecule has 3 N–H and O–H groups in total. The molecule has 0 radical (unpaired) electrons. The van der Waals surface area contributed by atoms with Crippen molar-refractivity contribution in [3.63, 3.8) is 0 Å². The fourth-order valence-electron chi connectivity index (χ4n) is 0.875. The van der Waals surface area contributed by atoms with E-state index in [2.05, 4.69) is 0 Å². The lowest BCUT2D eigenvalue weighted by Gasteiger charge is -2.03. The first-order valence-electron chi connectivity index (χ1n) is 3.39. The van der Waals surface area contributed by atoms with Crippen molar-refractivity contribution >= 4 is 11.7 Å². The van der Waals surface area contributed by atoms with Crippen LogP contribution in [0.25, 0.3) is 0 Å². The minimum absolute atomic E-state index is 0.150. The van der Waals surface area contributed by atoms with Gasteiger partial charge in [-0.3, -0.25) is 10.7 Å². The van der Waals surface area contributed by atoms with E-state index in [1.807, 2.05) is 5.48 Å². The first-order chi connectivity index (χ1) is 5.65. The smallest absolute Gasteiger partial charge is 0.335 e. The van der Waals surface area contributed by atoms with Crippen LogP contribution in [0, 0.1) is 6.92 Å². The van der Waals surface area contributed by atoms with Gasteiger partial charge in [0.15, 0.2) is 0 Å². The van der Waals surface area contributed by atoms with E-state index in [4.69, 9.17) is 10.3 Å². The first-order valence-corrected chi connectivity index (χ1v) is 3.39. The van der Waals surface area contributed by atoms with E-state index in [1.165, 1.54) is 12.1 Å². The average molecular weight is 167 g/mol. The van der Waals surface area contributed by atoms with Crippen LogP contribution in [0.15, 0.2) is 18.2 Å². The number of carbonyl (C=O) groups is 1. The van der Waals surface area contributed by atoms with Gasteiger partial charge in [0.1, 0.15) is 0 Å². The molecule has 1 aromatic carbocycles. The molecule has 0 amide bonds. The summed E-state index contributed by atoms with van der Waals surface area (Å²) in [7, 11) is 0. The van der Waals surface area contributed by atoms with Gasteiger partial charge in [0, 0.05) is 0 Å². The maximum absolute atomic E-state index is 10.5. The summed E-state index contributed by atoms with van der Waals surface area (Å²) in [4.78, 5) is 10.5. The molecule has 4 nitrogen and oxygen atoms in total. The number of anilines is 1. The molecule has 0 aliphatic heterocycles. The SMILES string of the molecule is Cc1ccc(C(=O)O)cc1NO. The van der Waals surface area contributed by atoms with Gasteiger partial charge in [0.25, 0.3) is 0 Å². The van der Waals surface area contributed by atoms with E-state index in [0.29, 0.717) is 5.69 Å². The van der Waals surface area contributed by atoms with Crippen molar-refractivity contribution < 1.29 is 15.1 Å². The number of rotatable bonds is 2. The van der Waals surface area contributed by atoms with Gasteiger partial charge >= 0.3 is 5.97 Å². The van der Waals surface area contributed by atoms with Crippen LogP contribution in [0.5, 0.6) is 0 Å². The summed E-state index contributed by atoms with van der Waals surface area (Å²) < 4.78 is 0. The van der Waals surface area contributed by atoms with Crippen molar-refractivity contribution in [1.82, 2.24) is 0 Å². The number of aromatic carboxylic acids is 1. The number of hydrogen-bond acceptors (Lipinski definition) is 3. The Bertz CT molecular complexity index is 309. The van der Waals surface area contributed by atoms with E-state index < -0.39 is 5.97 Å². The van der Waals surface area contributed by atoms with Gasteiger partial charge in [0.05, 0.1) is 11.3 Å². The van der Waals surface area contributed by atoms with Gasteiger partial charge in [-0.1, -0.05) is 6.07 Å². The zero-order chi connectivity index (χ0) is 9.14. The molecule has 1 rings (SSSR count). The molecule has 4 heteroatoms. The number of nitrogens with one attached hydrogen (secondary N) is 1. The van der Waals surface area contributed by atoms with E-state index in [0.717, 1.165) is 5.56 Å². The number of carboxylic acid groups (broad SMARTS) is 1. The summed E-state index contributed by atoms with van der Waals surface area (Å²) in [6.07, 6.45) is 0. The van der Waals surface area contributed by atoms with Crippen LogP contribution < -0.4 is 5.48 Å². The average Bonchev–Trinajstić information content (AvgIpc) is 2.05. The molecule has 0 bridgehead atoms. The Balaban J connectivity index is 3.13. The standard InChI is InChI=1S/C8H9NO3/c1-5-2-3-6(8(10)11)4-7(5)9-12/h2-4,9,12H,1H3,(H,10,11). The fraction of sp³-hybridized carbons (Fsp3) is 0.125. The Morgan fingerprint density at radius 2 is 2.17 bits per heavy atom. The van der Waals surface area contributed by atoms with Gasteiger partial charge in [0.2, 0.25) is 0 Å². The van der Waals surface area contributed by atoms with Crippen LogP contribution in [0.3, 0.4) is 0 Å². The van der Waals surface area contributed by atoms with Crippen LogP contribution in [0.1, 0.15) is 15.9 Å². The van der Waals surface area contributed by atoms with Crippen LogP contribution in [-0.4, -0.2) is 16.3 Å². The zero-order valence-electron chi connectivity index (χ0n) is 6.53. The van der Waals surface area contributed by atoms with Crippen molar-refractivity contribution in [3.8, 4) is 0 Å². The predicted octanol–water partition coefficient (Wildman–Crippen LogP) is 1.49. The molecule has 0 aliphatic carbocycles. The second-order valence-electron chi connectivity index (χ2n) is 2.45. The summed E-state index contributed by atoms with van der Waals surface area (Å²) in [6, 6.07) is 4.48. The normalized spacial score (nSPS) is 9.50. The van der Waals surface area contributed by atoms with Crippen molar-refractivity contribution in [2.75, 3.05) is 5.48 Å². The van der Waals surface area contributed by atoms with Gasteiger partial charge < -0.3 is 5.11 Å². The molecule has 0 unspecified atom stereocenters. The van der Waals surface area contributed by atoms with Gasteiger partial charge in [-0.2, -0.15) is 0 Å². The highest BCUT2D eigenvalue weighted by Crippen LogP contribution is 2.15. The predicted molar refractivity (Wildman–Crippen MR) is 43.5 cm³/mol. The molecule has 0 aromatic heterocycles. The monoisotopic (exact) mass is 167 g/mol. The zero-order valence-corrected chi connectivity index (χ0v) is 6.53. The number of hydrogen-bond donors (Lipinski definition) is 3. The molecule has 0 saturated heterocycles. The Labute approximate surface area is 69.4 Å². The molecule has 0 heterocycles. The summed E-state index contributed by atoms with van der Waals surface area (Å²) in [5.41, 5.74) is 3.28. The van der Waals surface area contributed by atoms with Gasteiger partial charge in [-0.25, -0.2) is 4.79 Å². The highest BCUT2D eigenvalue weighted by Gasteiger charge is 2.04. The lowest BCUT2D eigenvalue weighted by atomic mass is 10.1. The third-order valence-corrected chi connectivity index (χ3v) is 1.60. The third-order valence-electron chi connectivity index (χ3n) is 1.60. The number of carboxylic acids is 1. The maximum Gasteiger partial charge on any atom is 0.335 e. The first kappa shape index (κ1) is 8.55. The summed E-state index contributed by atoms with van der Waals surface area (Å²) in [5.74, 6) is -1.01. The van der Waals surface area contributed by atoms with E-state index in [9.17, 15) is 4.79 Å². The van der Waals surface area contributed by atoms with Crippen molar-refractivity contribution in [2.24, 2.45) is 0 Å². The second kappa shape index (κ2) is 3.23. The molecular formula is C8H9NO3. The van der Waals surface area contributed by atoms with Crippen LogP contribution in [0.2, 0.25) is 0 Å². The van der Waals surface area contributed by atoms with E-state index in [1.54, 1.807) is 13.0 Å². The lowest BCUT2D eigenvalue weighted by Crippen LogP contribution is -1.99. The lowest BCUT2D eigenvalue weighted by molar-refractivity contribution is 0.0697. The van der Waals surface area contributed by atoms with Crippen molar-refractivity contribution in [1.29, 1.82) is 0 Å². The van der Waals surface area contributed by atoms with E-state index >= 15 is 0 Å². The van der Waals surface area contributed by atoms with E-state index in [-0.39, 0.29) is 5.56 Å². The molecule has 0 spiro atoms. The Morgan fingerprint density at radius 3 is 2.67 bits per heavy atom. The molecule has 0 aliphatic rings. The third kappa shape index (κ3) is 1.54. The largest absolute Gasteiger partial charge is 0.478 e. The molecular weight excluding hydrogens is 158 g/mol. The molecule has 12 heavy (non-hydrogen) atoms. The summed E-state index contributed by atoms with van der Waals surface area (Å²) in [6.45, 7) is 1.77. The van der Waals surface area contributed by atoms with Gasteiger partial charge in [-0.05, 0) is 24.6 Å². The second-order valence-corrected chi connectivity index (χ2v) is 2.45. The highest BCUT2D eigenvalue weighted by atomic mass is 16.5. The molecule has 0 atom stereocenters. The number of aryl methyl sites for hydroxylation is 1. The van der Waals surface area contributed by atoms with Crippen molar-refractivity contribution in [2.45, 2.75) is 6.92 Å². The van der Waals surface area contributed by atoms with Gasteiger partial charge in [-0.15, -0.1) is 0 Å². The molecule has 0 fully saturated rings. The quantitative estimate of drug-likeness (QED) is 0.584. The van der Waals surface area contributed by atoms with Crippen molar-refractivity contribution in [3.05, 3.63) is 29.3 Å². The van der Waals surface area contributed by atoms with Crippen LogP contribution in [-0.2, 0) is 0 Å². The summed E-state index contributed by atoms with van der Waals surface area (Å²) in [5, 5.41) is 17.2. The topological polar surface area (TPSA) is 69.6 Å². The highest BCUT2D eigenvalue weighted by molar-refractivity contribution is 5.89. The molecule has 1 aromatic rings. The molecule has 64 valence electrons. The number of benzene rings is 1. The van der Waals surface area contributed by atoms with Crippen LogP contribution >= 0.6 is 0 Å². The fourth-order valence-corrected chi connectivity index (χ4v) is 0.875. The Hall–Kier alpha value is -1.55. The minimum Gasteiger partial charge on any atom is -0.478 e. The summed E-state index contributed by atoms with van der Waals surface area (Å²) >= 11 is 0. The molecule has 0 saturated carbocycles. The Morgan fingerprint density at radius 1 is 1.50 bits per heavy atom. The Kier molecular flexibility index (Phi) is 2.30. The minimum atomic E-state index is -1.01. The van der Waals surface area contributed by atoms with Crippen LogP contribution in [0.4, 0.5) is 5.69 Å².